The molecule has 20 heavy (non-hydrogen) atoms. The van der Waals surface area contributed by atoms with E-state index in [2.05, 4.69) is 14.7 Å². The lowest BCUT2D eigenvalue weighted by atomic mass is 10.3. The maximum atomic E-state index is 11.1. The molecule has 9 heteroatoms. The van der Waals surface area contributed by atoms with Gasteiger partial charge in [-0.05, 0) is 35.9 Å². The number of nitrogens with one attached hydrogen (secondary N) is 1. The summed E-state index contributed by atoms with van der Waals surface area (Å²) in [5, 5.41) is 0.137. The number of rotatable bonds is 4. The van der Waals surface area contributed by atoms with Crippen molar-refractivity contribution in [2.45, 2.75) is 0 Å². The van der Waals surface area contributed by atoms with Crippen molar-refractivity contribution in [2.24, 2.45) is 0 Å². The Bertz CT molecular complexity index is 700. The van der Waals surface area contributed by atoms with Crippen LogP contribution < -0.4 is 9.46 Å². The summed E-state index contributed by atoms with van der Waals surface area (Å²) in [6.07, 6.45) is 1.07. The van der Waals surface area contributed by atoms with Crippen molar-refractivity contribution in [1.82, 2.24) is 9.97 Å². The van der Waals surface area contributed by atoms with Crippen LogP contribution in [0.4, 0.5) is 5.69 Å². The molecule has 106 valence electrons. The molecule has 0 fully saturated rings. The van der Waals surface area contributed by atoms with E-state index in [1.54, 1.807) is 24.3 Å². The van der Waals surface area contributed by atoms with Gasteiger partial charge < -0.3 is 4.74 Å². The van der Waals surface area contributed by atoms with E-state index in [1.807, 2.05) is 0 Å². The molecular formula is C11H9Cl2N3O3S. The van der Waals surface area contributed by atoms with Crippen LogP contribution in [0, 0.1) is 0 Å². The monoisotopic (exact) mass is 333 g/mol. The molecule has 0 spiro atoms. The summed E-state index contributed by atoms with van der Waals surface area (Å²) in [4.78, 5) is 7.54. The Kier molecular flexibility index (Phi) is 4.32. The second-order valence-electron chi connectivity index (χ2n) is 3.80. The van der Waals surface area contributed by atoms with Gasteiger partial charge in [0, 0.05) is 11.8 Å². The molecule has 2 rings (SSSR count). The predicted molar refractivity (Wildman–Crippen MR) is 77.0 cm³/mol. The number of sulfonamides is 1. The fourth-order valence-corrected chi connectivity index (χ4v) is 2.30. The molecule has 0 radical (unpaired) electrons. The van der Waals surface area contributed by atoms with E-state index < -0.39 is 10.0 Å². The molecule has 0 saturated heterocycles. The quantitative estimate of drug-likeness (QED) is 0.687. The van der Waals surface area contributed by atoms with E-state index in [0.29, 0.717) is 11.4 Å². The molecule has 1 aromatic heterocycles. The van der Waals surface area contributed by atoms with E-state index in [-0.39, 0.29) is 16.3 Å². The third-order valence-electron chi connectivity index (χ3n) is 2.02. The van der Waals surface area contributed by atoms with Gasteiger partial charge in [-0.15, -0.1) is 0 Å². The lowest BCUT2D eigenvalue weighted by Gasteiger charge is -2.07. The fourth-order valence-electron chi connectivity index (χ4n) is 1.35. The lowest BCUT2D eigenvalue weighted by Crippen LogP contribution is -2.09. The minimum atomic E-state index is -3.31. The van der Waals surface area contributed by atoms with E-state index in [4.69, 9.17) is 27.9 Å². The molecule has 1 aromatic carbocycles. The molecule has 0 saturated carbocycles. The normalized spacial score (nSPS) is 11.2. The van der Waals surface area contributed by atoms with E-state index in [0.717, 1.165) is 6.26 Å². The first-order valence-electron chi connectivity index (χ1n) is 5.28. The molecule has 6 nitrogen and oxygen atoms in total. The molecule has 0 amide bonds. The van der Waals surface area contributed by atoms with Crippen molar-refractivity contribution in [3.8, 4) is 11.6 Å². The summed E-state index contributed by atoms with van der Waals surface area (Å²) in [5.74, 6) is 0.647. The van der Waals surface area contributed by atoms with Crippen LogP contribution in [0.15, 0.2) is 30.3 Å². The molecular weight excluding hydrogens is 325 g/mol. The Morgan fingerprint density at radius 1 is 1.15 bits per heavy atom. The molecule has 0 unspecified atom stereocenters. The van der Waals surface area contributed by atoms with Crippen molar-refractivity contribution in [3.05, 3.63) is 40.8 Å². The minimum Gasteiger partial charge on any atom is -0.439 e. The summed E-state index contributed by atoms with van der Waals surface area (Å²) >= 11 is 11.4. The van der Waals surface area contributed by atoms with Gasteiger partial charge in [-0.3, -0.25) is 4.72 Å². The molecule has 0 aliphatic carbocycles. The maximum absolute atomic E-state index is 11.1. The van der Waals surface area contributed by atoms with Crippen LogP contribution in [0.1, 0.15) is 0 Å². The predicted octanol–water partition coefficient (Wildman–Crippen LogP) is 2.95. The van der Waals surface area contributed by atoms with Gasteiger partial charge in [-0.2, -0.15) is 4.98 Å². The highest BCUT2D eigenvalue weighted by Crippen LogP contribution is 2.24. The lowest BCUT2D eigenvalue weighted by molar-refractivity contribution is 0.462. The van der Waals surface area contributed by atoms with Crippen LogP contribution in [0.25, 0.3) is 0 Å². The van der Waals surface area contributed by atoms with Gasteiger partial charge in [0.2, 0.25) is 21.2 Å². The summed E-state index contributed by atoms with van der Waals surface area (Å²) in [6, 6.07) is 7.69. The third-order valence-corrected chi connectivity index (χ3v) is 2.99. The smallest absolute Gasteiger partial charge is 0.229 e. The number of aromatic nitrogens is 2. The zero-order valence-corrected chi connectivity index (χ0v) is 12.5. The highest BCUT2D eigenvalue weighted by atomic mass is 35.5. The number of hydrogen-bond acceptors (Lipinski definition) is 5. The van der Waals surface area contributed by atoms with Crippen LogP contribution in [0.3, 0.4) is 0 Å². The molecule has 0 atom stereocenters. The van der Waals surface area contributed by atoms with Crippen molar-refractivity contribution in [1.29, 1.82) is 0 Å². The van der Waals surface area contributed by atoms with Crippen LogP contribution in [0.2, 0.25) is 10.4 Å². The topological polar surface area (TPSA) is 81.2 Å². The third kappa shape index (κ3) is 4.52. The Hall–Kier alpha value is -1.57. The molecule has 0 bridgehead atoms. The van der Waals surface area contributed by atoms with Crippen LogP contribution >= 0.6 is 23.2 Å². The Morgan fingerprint density at radius 2 is 1.80 bits per heavy atom. The summed E-state index contributed by atoms with van der Waals surface area (Å²) in [6.45, 7) is 0. The highest BCUT2D eigenvalue weighted by molar-refractivity contribution is 7.92. The van der Waals surface area contributed by atoms with Crippen molar-refractivity contribution in [3.63, 3.8) is 0 Å². The first kappa shape index (κ1) is 14.8. The molecule has 0 aliphatic rings. The van der Waals surface area contributed by atoms with Crippen molar-refractivity contribution >= 4 is 38.9 Å². The zero-order chi connectivity index (χ0) is 14.8. The van der Waals surface area contributed by atoms with Gasteiger partial charge in [0.05, 0.1) is 6.26 Å². The number of benzene rings is 1. The number of ether oxygens (including phenoxy) is 1. The van der Waals surface area contributed by atoms with Gasteiger partial charge in [-0.1, -0.05) is 11.6 Å². The minimum absolute atomic E-state index is 0.0251. The van der Waals surface area contributed by atoms with E-state index in [9.17, 15) is 8.42 Å². The Labute approximate surface area is 125 Å². The zero-order valence-electron chi connectivity index (χ0n) is 10.2. The molecule has 1 N–H and O–H groups in total. The molecule has 0 aliphatic heterocycles. The number of halogens is 2. The first-order valence-corrected chi connectivity index (χ1v) is 7.92. The SMILES string of the molecule is CS(=O)(=O)Nc1ccc(Oc2cc(Cl)nc(Cl)n2)cc1. The largest absolute Gasteiger partial charge is 0.439 e. The van der Waals surface area contributed by atoms with Crippen LogP contribution in [0.5, 0.6) is 11.6 Å². The average Bonchev–Trinajstić information content (AvgIpc) is 2.28. The van der Waals surface area contributed by atoms with Gasteiger partial charge >= 0.3 is 0 Å². The van der Waals surface area contributed by atoms with Crippen LogP contribution in [-0.4, -0.2) is 24.6 Å². The second kappa shape index (κ2) is 5.82. The summed E-state index contributed by atoms with van der Waals surface area (Å²) < 4.78 is 29.9. The summed E-state index contributed by atoms with van der Waals surface area (Å²) in [7, 11) is -3.31. The molecule has 1 heterocycles. The van der Waals surface area contributed by atoms with Crippen molar-refractivity contribution in [2.75, 3.05) is 11.0 Å². The second-order valence-corrected chi connectivity index (χ2v) is 6.27. The number of hydrogen-bond donors (Lipinski definition) is 1. The van der Waals surface area contributed by atoms with Crippen LogP contribution in [-0.2, 0) is 10.0 Å². The van der Waals surface area contributed by atoms with E-state index in [1.165, 1.54) is 6.07 Å². The number of nitrogens with zero attached hydrogens (tertiary/aromatic N) is 2. The fraction of sp³-hybridized carbons (Fsp3) is 0.0909. The Morgan fingerprint density at radius 3 is 2.35 bits per heavy atom. The maximum Gasteiger partial charge on any atom is 0.229 e. The van der Waals surface area contributed by atoms with Gasteiger partial charge in [0.1, 0.15) is 10.9 Å². The first-order chi connectivity index (χ1) is 9.32. The highest BCUT2D eigenvalue weighted by Gasteiger charge is 2.05. The van der Waals surface area contributed by atoms with Gasteiger partial charge in [0.15, 0.2) is 0 Å². The van der Waals surface area contributed by atoms with Gasteiger partial charge in [0.25, 0.3) is 0 Å². The van der Waals surface area contributed by atoms with Gasteiger partial charge in [-0.25, -0.2) is 13.4 Å². The summed E-state index contributed by atoms with van der Waals surface area (Å²) in [5.41, 5.74) is 0.429. The average molecular weight is 334 g/mol. The van der Waals surface area contributed by atoms with Crippen molar-refractivity contribution < 1.29 is 13.2 Å². The number of anilines is 1. The van der Waals surface area contributed by atoms with E-state index >= 15 is 0 Å². The standard InChI is InChI=1S/C11H9Cl2N3O3S/c1-20(17,18)16-7-2-4-8(5-3-7)19-10-6-9(12)14-11(13)15-10/h2-6,16H,1H3. The Balaban J connectivity index is 2.14. The molecule has 2 aromatic rings.